The summed E-state index contributed by atoms with van der Waals surface area (Å²) in [6.45, 7) is 0.691. The maximum Gasteiger partial charge on any atom is 0.305 e. The van der Waals surface area contributed by atoms with Gasteiger partial charge in [-0.15, -0.1) is 0 Å². The molecule has 0 aliphatic rings. The Balaban J connectivity index is 1.85. The largest absolute Gasteiger partial charge is 0.349 e. The van der Waals surface area contributed by atoms with Crippen molar-refractivity contribution in [2.75, 3.05) is 6.54 Å². The van der Waals surface area contributed by atoms with Crippen LogP contribution in [0, 0.1) is 21.7 Å². The van der Waals surface area contributed by atoms with Crippen LogP contribution in [0.15, 0.2) is 24.5 Å². The minimum atomic E-state index is -1.17. The SMILES string of the molecule is O=[N+]([O-])c1cc(CNCCCc2ncc[nH]2)c(F)cc1F. The number of hydrogen-bond donors (Lipinski definition) is 2. The number of imidazole rings is 1. The summed E-state index contributed by atoms with van der Waals surface area (Å²) in [7, 11) is 0. The number of aromatic nitrogens is 2. The van der Waals surface area contributed by atoms with Crippen molar-refractivity contribution in [2.24, 2.45) is 0 Å². The van der Waals surface area contributed by atoms with E-state index in [1.807, 2.05) is 0 Å². The molecule has 0 atom stereocenters. The summed E-state index contributed by atoms with van der Waals surface area (Å²) >= 11 is 0. The molecule has 0 bridgehead atoms. The predicted octanol–water partition coefficient (Wildman–Crippen LogP) is 2.32. The van der Waals surface area contributed by atoms with Crippen LogP contribution in [-0.2, 0) is 13.0 Å². The zero-order valence-electron chi connectivity index (χ0n) is 11.1. The van der Waals surface area contributed by atoms with Gasteiger partial charge in [0.15, 0.2) is 0 Å². The van der Waals surface area contributed by atoms with E-state index < -0.39 is 22.2 Å². The second kappa shape index (κ2) is 6.89. The monoisotopic (exact) mass is 296 g/mol. The number of hydrogen-bond acceptors (Lipinski definition) is 4. The van der Waals surface area contributed by atoms with E-state index in [1.54, 1.807) is 12.4 Å². The molecule has 0 saturated heterocycles. The van der Waals surface area contributed by atoms with Crippen LogP contribution < -0.4 is 5.32 Å². The molecule has 8 heteroatoms. The third-order valence-electron chi connectivity index (χ3n) is 2.95. The number of benzene rings is 1. The van der Waals surface area contributed by atoms with Gasteiger partial charge < -0.3 is 10.3 Å². The lowest BCUT2D eigenvalue weighted by atomic mass is 10.1. The van der Waals surface area contributed by atoms with Crippen LogP contribution in [0.3, 0.4) is 0 Å². The van der Waals surface area contributed by atoms with E-state index in [9.17, 15) is 18.9 Å². The van der Waals surface area contributed by atoms with Crippen LogP contribution in [0.25, 0.3) is 0 Å². The summed E-state index contributed by atoms with van der Waals surface area (Å²) in [6.07, 6.45) is 4.91. The van der Waals surface area contributed by atoms with Gasteiger partial charge in [0, 0.05) is 43.1 Å². The van der Waals surface area contributed by atoms with E-state index in [1.165, 1.54) is 0 Å². The van der Waals surface area contributed by atoms with Gasteiger partial charge in [-0.2, -0.15) is 4.39 Å². The number of nitrogens with one attached hydrogen (secondary N) is 2. The van der Waals surface area contributed by atoms with Crippen molar-refractivity contribution in [3.05, 3.63) is 57.7 Å². The molecule has 21 heavy (non-hydrogen) atoms. The highest BCUT2D eigenvalue weighted by atomic mass is 19.1. The Morgan fingerprint density at radius 2 is 2.14 bits per heavy atom. The summed E-state index contributed by atoms with van der Waals surface area (Å²) in [4.78, 5) is 16.8. The molecule has 0 fully saturated rings. The fraction of sp³-hybridized carbons (Fsp3) is 0.308. The van der Waals surface area contributed by atoms with Crippen molar-refractivity contribution in [1.29, 1.82) is 0 Å². The lowest BCUT2D eigenvalue weighted by Gasteiger charge is -2.06. The quantitative estimate of drug-likeness (QED) is 0.466. The average molecular weight is 296 g/mol. The first-order chi connectivity index (χ1) is 10.1. The fourth-order valence-electron chi connectivity index (χ4n) is 1.89. The van der Waals surface area contributed by atoms with Gasteiger partial charge in [0.05, 0.1) is 4.92 Å². The van der Waals surface area contributed by atoms with Gasteiger partial charge in [-0.1, -0.05) is 0 Å². The van der Waals surface area contributed by atoms with Crippen molar-refractivity contribution in [3.63, 3.8) is 0 Å². The van der Waals surface area contributed by atoms with Gasteiger partial charge in [0.1, 0.15) is 11.6 Å². The Kier molecular flexibility index (Phi) is 4.94. The number of aryl methyl sites for hydroxylation is 1. The van der Waals surface area contributed by atoms with Crippen molar-refractivity contribution in [3.8, 4) is 0 Å². The van der Waals surface area contributed by atoms with Gasteiger partial charge >= 0.3 is 5.69 Å². The minimum absolute atomic E-state index is 0.0705. The summed E-state index contributed by atoms with van der Waals surface area (Å²) in [6, 6.07) is 1.46. The third-order valence-corrected chi connectivity index (χ3v) is 2.95. The second-order valence-corrected chi connectivity index (χ2v) is 4.47. The zero-order valence-corrected chi connectivity index (χ0v) is 11.1. The molecule has 0 aliphatic heterocycles. The van der Waals surface area contributed by atoms with Gasteiger partial charge in [-0.25, -0.2) is 9.37 Å². The number of nitrogens with zero attached hydrogens (tertiary/aromatic N) is 2. The number of nitro benzene ring substituents is 1. The van der Waals surface area contributed by atoms with Crippen LogP contribution in [0.2, 0.25) is 0 Å². The number of rotatable bonds is 7. The molecule has 0 radical (unpaired) electrons. The molecule has 2 rings (SSSR count). The number of nitro groups is 1. The highest BCUT2D eigenvalue weighted by Crippen LogP contribution is 2.21. The van der Waals surface area contributed by atoms with Crippen LogP contribution in [0.1, 0.15) is 17.8 Å². The smallest absolute Gasteiger partial charge is 0.305 e. The van der Waals surface area contributed by atoms with E-state index in [-0.39, 0.29) is 12.1 Å². The third kappa shape index (κ3) is 4.06. The van der Waals surface area contributed by atoms with Crippen molar-refractivity contribution < 1.29 is 13.7 Å². The molecule has 2 N–H and O–H groups in total. The van der Waals surface area contributed by atoms with Crippen molar-refractivity contribution in [1.82, 2.24) is 15.3 Å². The summed E-state index contributed by atoms with van der Waals surface area (Å²) < 4.78 is 26.7. The second-order valence-electron chi connectivity index (χ2n) is 4.47. The van der Waals surface area contributed by atoms with Gasteiger partial charge in [0.25, 0.3) is 0 Å². The molecule has 0 unspecified atom stereocenters. The first-order valence-corrected chi connectivity index (χ1v) is 6.39. The van der Waals surface area contributed by atoms with E-state index in [0.717, 1.165) is 24.7 Å². The highest BCUT2D eigenvalue weighted by molar-refractivity contribution is 5.37. The lowest BCUT2D eigenvalue weighted by Crippen LogP contribution is -2.16. The first kappa shape index (κ1) is 15.0. The molecular formula is C13H14F2N4O2. The average Bonchev–Trinajstić information content (AvgIpc) is 2.93. The Morgan fingerprint density at radius 1 is 1.33 bits per heavy atom. The molecule has 0 saturated carbocycles. The van der Waals surface area contributed by atoms with Crippen LogP contribution in [-0.4, -0.2) is 21.4 Å². The molecular weight excluding hydrogens is 282 g/mol. The van der Waals surface area contributed by atoms with Crippen molar-refractivity contribution in [2.45, 2.75) is 19.4 Å². The number of halogens is 2. The molecule has 1 aromatic carbocycles. The van der Waals surface area contributed by atoms with Gasteiger partial charge in [-0.3, -0.25) is 10.1 Å². The Hall–Kier alpha value is -2.35. The molecule has 112 valence electrons. The standard InChI is InChI=1S/C13H14F2N4O2/c14-10-7-11(15)12(19(20)21)6-9(10)8-16-3-1-2-13-17-4-5-18-13/h4-7,16H,1-3,8H2,(H,17,18). The summed E-state index contributed by atoms with van der Waals surface area (Å²) in [5, 5.41) is 13.6. The first-order valence-electron chi connectivity index (χ1n) is 6.39. The van der Waals surface area contributed by atoms with Crippen molar-refractivity contribution >= 4 is 5.69 Å². The zero-order chi connectivity index (χ0) is 15.2. The molecule has 0 amide bonds. The Bertz CT molecular complexity index is 617. The maximum absolute atomic E-state index is 13.5. The molecule has 1 heterocycles. The summed E-state index contributed by atoms with van der Waals surface area (Å²) in [5.74, 6) is -1.10. The van der Waals surface area contributed by atoms with E-state index in [2.05, 4.69) is 15.3 Å². The highest BCUT2D eigenvalue weighted by Gasteiger charge is 2.18. The number of H-pyrrole nitrogens is 1. The maximum atomic E-state index is 13.5. The summed E-state index contributed by atoms with van der Waals surface area (Å²) in [5.41, 5.74) is -0.648. The lowest BCUT2D eigenvalue weighted by molar-refractivity contribution is -0.387. The Labute approximate surface area is 119 Å². The van der Waals surface area contributed by atoms with Crippen LogP contribution in [0.4, 0.5) is 14.5 Å². The molecule has 0 spiro atoms. The van der Waals surface area contributed by atoms with Crippen LogP contribution >= 0.6 is 0 Å². The van der Waals surface area contributed by atoms with E-state index in [4.69, 9.17) is 0 Å². The van der Waals surface area contributed by atoms with E-state index in [0.29, 0.717) is 12.6 Å². The normalized spacial score (nSPS) is 10.8. The molecule has 1 aromatic heterocycles. The van der Waals surface area contributed by atoms with Gasteiger partial charge in [-0.05, 0) is 13.0 Å². The molecule has 6 nitrogen and oxygen atoms in total. The molecule has 2 aromatic rings. The fourth-order valence-corrected chi connectivity index (χ4v) is 1.89. The van der Waals surface area contributed by atoms with E-state index >= 15 is 0 Å². The minimum Gasteiger partial charge on any atom is -0.349 e. The Morgan fingerprint density at radius 3 is 2.81 bits per heavy atom. The molecule has 0 aliphatic carbocycles. The predicted molar refractivity (Wildman–Crippen MR) is 71.6 cm³/mol. The number of aromatic amines is 1. The van der Waals surface area contributed by atoms with Gasteiger partial charge in [0.2, 0.25) is 5.82 Å². The topological polar surface area (TPSA) is 83.8 Å². The van der Waals surface area contributed by atoms with Crippen LogP contribution in [0.5, 0.6) is 0 Å².